The van der Waals surface area contributed by atoms with Crippen molar-refractivity contribution >= 4 is 22.9 Å². The van der Waals surface area contributed by atoms with E-state index < -0.39 is 0 Å². The Morgan fingerprint density at radius 3 is 2.30 bits per heavy atom. The first kappa shape index (κ1) is 8.85. The first-order valence-electron chi connectivity index (χ1n) is 2.47. The van der Waals surface area contributed by atoms with E-state index in [0.717, 1.165) is 0 Å². The van der Waals surface area contributed by atoms with Crippen LogP contribution >= 0.6 is 12.2 Å². The van der Waals surface area contributed by atoms with E-state index in [1.807, 2.05) is 0 Å². The van der Waals surface area contributed by atoms with Crippen molar-refractivity contribution in [2.24, 2.45) is 5.16 Å². The normalized spacial score (nSPS) is 10.3. The van der Waals surface area contributed by atoms with Gasteiger partial charge < -0.3 is 10.1 Å². The predicted octanol–water partition coefficient (Wildman–Crippen LogP) is 0.229. The van der Waals surface area contributed by atoms with Gasteiger partial charge in [-0.2, -0.15) is 5.26 Å². The minimum absolute atomic E-state index is 0.139. The highest BCUT2D eigenvalue weighted by Gasteiger charge is 2.07. The van der Waals surface area contributed by atoms with Crippen LogP contribution in [0.4, 0.5) is 0 Å². The van der Waals surface area contributed by atoms with Gasteiger partial charge in [-0.3, -0.25) is 0 Å². The monoisotopic (exact) mass is 157 g/mol. The van der Waals surface area contributed by atoms with Crippen LogP contribution in [0.15, 0.2) is 5.16 Å². The van der Waals surface area contributed by atoms with E-state index >= 15 is 0 Å². The van der Waals surface area contributed by atoms with Crippen LogP contribution in [-0.4, -0.2) is 34.9 Å². The summed E-state index contributed by atoms with van der Waals surface area (Å²) in [5, 5.41) is 19.2. The lowest BCUT2D eigenvalue weighted by Crippen LogP contribution is -2.27. The Labute approximate surface area is 64.4 Å². The van der Waals surface area contributed by atoms with Crippen LogP contribution in [0, 0.1) is 11.3 Å². The minimum atomic E-state index is -0.139. The predicted molar refractivity (Wildman–Crippen MR) is 41.1 cm³/mol. The molecule has 54 valence electrons. The number of oxime groups is 1. The Morgan fingerprint density at radius 1 is 1.70 bits per heavy atom. The second kappa shape index (κ2) is 3.80. The molecule has 0 aliphatic carbocycles. The number of nitriles is 1. The summed E-state index contributed by atoms with van der Waals surface area (Å²) in [5.41, 5.74) is -0.139. The summed E-state index contributed by atoms with van der Waals surface area (Å²) in [4.78, 5) is 1.75. The average Bonchev–Trinajstić information content (AvgIpc) is 1.90. The first-order chi connectivity index (χ1) is 4.63. The zero-order valence-corrected chi connectivity index (χ0v) is 6.51. The maximum absolute atomic E-state index is 8.29. The van der Waals surface area contributed by atoms with Crippen LogP contribution in [-0.2, 0) is 0 Å². The van der Waals surface area contributed by atoms with Gasteiger partial charge in [-0.1, -0.05) is 17.4 Å². The summed E-state index contributed by atoms with van der Waals surface area (Å²) in [5.74, 6) is 0. The molecule has 0 aromatic carbocycles. The van der Waals surface area contributed by atoms with Crippen molar-refractivity contribution in [1.29, 1.82) is 5.26 Å². The summed E-state index contributed by atoms with van der Waals surface area (Å²) in [7, 11) is 3.34. The molecule has 0 radical (unpaired) electrons. The van der Waals surface area contributed by atoms with Crippen LogP contribution in [0.25, 0.3) is 0 Å². The van der Waals surface area contributed by atoms with Gasteiger partial charge in [0.1, 0.15) is 11.1 Å². The molecule has 0 aromatic rings. The molecule has 0 atom stereocenters. The highest BCUT2D eigenvalue weighted by molar-refractivity contribution is 7.82. The third kappa shape index (κ3) is 1.99. The van der Waals surface area contributed by atoms with Gasteiger partial charge in [0, 0.05) is 14.1 Å². The quantitative estimate of drug-likeness (QED) is 0.256. The van der Waals surface area contributed by atoms with Crippen LogP contribution < -0.4 is 0 Å². The Kier molecular flexibility index (Phi) is 3.36. The lowest BCUT2D eigenvalue weighted by atomic mass is 10.4. The van der Waals surface area contributed by atoms with Gasteiger partial charge in [-0.05, 0) is 0 Å². The summed E-state index contributed by atoms with van der Waals surface area (Å²) >= 11 is 4.71. The molecule has 10 heavy (non-hydrogen) atoms. The number of thiocarbonyl (C=S) groups is 1. The SMILES string of the molecule is CN(C)C(=S)/C(C#N)=N/O. The second-order valence-corrected chi connectivity index (χ2v) is 2.15. The van der Waals surface area contributed by atoms with Gasteiger partial charge >= 0.3 is 0 Å². The molecular formula is C5H7N3OS. The molecule has 0 bridgehead atoms. The Morgan fingerprint density at radius 2 is 2.20 bits per heavy atom. The summed E-state index contributed by atoms with van der Waals surface area (Å²) in [6.07, 6.45) is 0. The molecule has 0 rings (SSSR count). The van der Waals surface area contributed by atoms with Gasteiger partial charge in [-0.15, -0.1) is 0 Å². The van der Waals surface area contributed by atoms with Crippen molar-refractivity contribution in [1.82, 2.24) is 4.90 Å². The van der Waals surface area contributed by atoms with Gasteiger partial charge in [-0.25, -0.2) is 0 Å². The lowest BCUT2D eigenvalue weighted by Gasteiger charge is -2.09. The lowest BCUT2D eigenvalue weighted by molar-refractivity contribution is 0.320. The smallest absolute Gasteiger partial charge is 0.213 e. The fourth-order valence-electron chi connectivity index (χ4n) is 0.325. The summed E-state index contributed by atoms with van der Waals surface area (Å²) in [6, 6.07) is 1.65. The van der Waals surface area contributed by atoms with Crippen LogP contribution in [0.2, 0.25) is 0 Å². The molecule has 0 aliphatic rings. The number of hydrogen-bond acceptors (Lipinski definition) is 4. The van der Waals surface area contributed by atoms with E-state index in [1.165, 1.54) is 4.90 Å². The molecule has 0 fully saturated rings. The van der Waals surface area contributed by atoms with Crippen molar-refractivity contribution in [2.45, 2.75) is 0 Å². The Balaban J connectivity index is 4.38. The summed E-state index contributed by atoms with van der Waals surface area (Å²) < 4.78 is 0. The molecular weight excluding hydrogens is 150 g/mol. The zero-order valence-electron chi connectivity index (χ0n) is 5.70. The second-order valence-electron chi connectivity index (χ2n) is 1.76. The molecule has 4 nitrogen and oxygen atoms in total. The average molecular weight is 157 g/mol. The molecule has 5 heteroatoms. The molecule has 0 unspecified atom stereocenters. The van der Waals surface area contributed by atoms with Gasteiger partial charge in [0.15, 0.2) is 0 Å². The minimum Gasteiger partial charge on any atom is -0.410 e. The number of hydrogen-bond donors (Lipinski definition) is 1. The first-order valence-corrected chi connectivity index (χ1v) is 2.88. The van der Waals surface area contributed by atoms with E-state index in [9.17, 15) is 0 Å². The van der Waals surface area contributed by atoms with Gasteiger partial charge in [0.25, 0.3) is 0 Å². The number of nitrogens with zero attached hydrogens (tertiary/aromatic N) is 3. The topological polar surface area (TPSA) is 59.6 Å². The highest BCUT2D eigenvalue weighted by Crippen LogP contribution is 1.86. The third-order valence-corrected chi connectivity index (χ3v) is 1.37. The van der Waals surface area contributed by atoms with Crippen LogP contribution in [0.5, 0.6) is 0 Å². The molecule has 0 aliphatic heterocycles. The van der Waals surface area contributed by atoms with Crippen molar-refractivity contribution < 1.29 is 5.21 Å². The van der Waals surface area contributed by atoms with E-state index in [1.54, 1.807) is 20.2 Å². The standard InChI is InChI=1S/C5H7N3OS/c1-8(2)5(10)4(3-6)7-9/h9H,1-2H3/b7-4+. The van der Waals surface area contributed by atoms with Crippen LogP contribution in [0.3, 0.4) is 0 Å². The maximum Gasteiger partial charge on any atom is 0.213 e. The van der Waals surface area contributed by atoms with E-state index in [-0.39, 0.29) is 10.7 Å². The largest absolute Gasteiger partial charge is 0.410 e. The van der Waals surface area contributed by atoms with E-state index in [0.29, 0.717) is 0 Å². The highest BCUT2D eigenvalue weighted by atomic mass is 32.1. The molecule has 0 saturated carbocycles. The molecule has 0 spiro atoms. The number of rotatable bonds is 1. The van der Waals surface area contributed by atoms with E-state index in [2.05, 4.69) is 5.16 Å². The van der Waals surface area contributed by atoms with Crippen LogP contribution in [0.1, 0.15) is 0 Å². The third-order valence-electron chi connectivity index (χ3n) is 0.815. The van der Waals surface area contributed by atoms with Crippen molar-refractivity contribution in [3.05, 3.63) is 0 Å². The fourth-order valence-corrected chi connectivity index (χ4v) is 0.411. The van der Waals surface area contributed by atoms with Crippen molar-refractivity contribution in [2.75, 3.05) is 14.1 Å². The fraction of sp³-hybridized carbons (Fsp3) is 0.400. The Hall–Kier alpha value is -1.15. The maximum atomic E-state index is 8.29. The molecule has 0 saturated heterocycles. The molecule has 0 aromatic heterocycles. The van der Waals surface area contributed by atoms with Crippen molar-refractivity contribution in [3.8, 4) is 6.07 Å². The molecule has 0 amide bonds. The zero-order chi connectivity index (χ0) is 8.15. The molecule has 0 heterocycles. The molecule has 1 N–H and O–H groups in total. The van der Waals surface area contributed by atoms with Gasteiger partial charge in [0.2, 0.25) is 5.71 Å². The van der Waals surface area contributed by atoms with E-state index in [4.69, 9.17) is 22.7 Å². The Bertz CT molecular complexity index is 203. The van der Waals surface area contributed by atoms with Gasteiger partial charge in [0.05, 0.1) is 0 Å². The van der Waals surface area contributed by atoms with Crippen molar-refractivity contribution in [3.63, 3.8) is 0 Å². The summed E-state index contributed by atoms with van der Waals surface area (Å²) in [6.45, 7) is 0.